The first-order valence-corrected chi connectivity index (χ1v) is 5.37. The Morgan fingerprint density at radius 2 is 2.24 bits per heavy atom. The number of hydrogen-bond acceptors (Lipinski definition) is 5. The lowest BCUT2D eigenvalue weighted by Gasteiger charge is -2.04. The first-order valence-electron chi connectivity index (χ1n) is 4.60. The van der Waals surface area contributed by atoms with E-state index in [0.717, 1.165) is 11.5 Å². The fourth-order valence-electron chi connectivity index (χ4n) is 1.17. The smallest absolute Gasteiger partial charge is 0.357 e. The highest BCUT2D eigenvalue weighted by Crippen LogP contribution is 2.19. The molecule has 0 radical (unpaired) electrons. The summed E-state index contributed by atoms with van der Waals surface area (Å²) in [5, 5.41) is 12.2. The summed E-state index contributed by atoms with van der Waals surface area (Å²) in [6.45, 7) is -0.0692. The van der Waals surface area contributed by atoms with Crippen LogP contribution in [0, 0.1) is 5.82 Å². The van der Waals surface area contributed by atoms with E-state index in [1.165, 1.54) is 12.1 Å². The van der Waals surface area contributed by atoms with Crippen LogP contribution >= 0.6 is 11.5 Å². The van der Waals surface area contributed by atoms with E-state index in [4.69, 9.17) is 9.84 Å². The molecule has 0 aliphatic heterocycles. The van der Waals surface area contributed by atoms with Crippen molar-refractivity contribution in [1.29, 1.82) is 0 Å². The third-order valence-corrected chi connectivity index (χ3v) is 2.65. The van der Waals surface area contributed by atoms with Crippen LogP contribution in [0.15, 0.2) is 24.3 Å². The minimum atomic E-state index is -1.18. The van der Waals surface area contributed by atoms with Crippen molar-refractivity contribution in [3.63, 3.8) is 0 Å². The number of para-hydroxylation sites is 1. The molecule has 1 aromatic heterocycles. The van der Waals surface area contributed by atoms with Crippen molar-refractivity contribution in [2.75, 3.05) is 0 Å². The highest BCUT2D eigenvalue weighted by Gasteiger charge is 2.16. The molecule has 0 bridgehead atoms. The van der Waals surface area contributed by atoms with Crippen molar-refractivity contribution in [1.82, 2.24) is 9.59 Å². The van der Waals surface area contributed by atoms with Gasteiger partial charge in [0.05, 0.1) is 4.88 Å². The van der Waals surface area contributed by atoms with Gasteiger partial charge >= 0.3 is 5.97 Å². The fourth-order valence-corrected chi connectivity index (χ4v) is 1.72. The predicted octanol–water partition coefficient (Wildman–Crippen LogP) is 1.95. The lowest BCUT2D eigenvalue weighted by Crippen LogP contribution is -2.04. The van der Waals surface area contributed by atoms with Crippen LogP contribution in [0.3, 0.4) is 0 Å². The molecule has 1 aromatic carbocycles. The van der Waals surface area contributed by atoms with Gasteiger partial charge in [-0.2, -0.15) is 0 Å². The van der Waals surface area contributed by atoms with Gasteiger partial charge in [-0.3, -0.25) is 0 Å². The second kappa shape index (κ2) is 4.88. The number of nitrogens with zero attached hydrogens (tertiary/aromatic N) is 2. The van der Waals surface area contributed by atoms with Gasteiger partial charge < -0.3 is 9.84 Å². The fraction of sp³-hybridized carbons (Fsp3) is 0.100. The standard InChI is InChI=1S/C10H7FN2O3S/c11-6-3-1-2-4-7(6)16-5-8-9(10(14)15)12-13-17-8/h1-4H,5H2,(H,14,15). The van der Waals surface area contributed by atoms with Gasteiger partial charge in [0.25, 0.3) is 0 Å². The summed E-state index contributed by atoms with van der Waals surface area (Å²) in [6, 6.07) is 5.89. The molecular formula is C10H7FN2O3S. The molecule has 2 aromatic rings. The SMILES string of the molecule is O=C(O)c1nnsc1COc1ccccc1F. The zero-order valence-electron chi connectivity index (χ0n) is 8.46. The lowest BCUT2D eigenvalue weighted by molar-refractivity contribution is 0.0687. The van der Waals surface area contributed by atoms with E-state index >= 15 is 0 Å². The minimum absolute atomic E-state index is 0.0669. The van der Waals surface area contributed by atoms with Crippen molar-refractivity contribution in [2.45, 2.75) is 6.61 Å². The Morgan fingerprint density at radius 3 is 2.94 bits per heavy atom. The van der Waals surface area contributed by atoms with E-state index in [1.54, 1.807) is 12.1 Å². The average molecular weight is 254 g/mol. The van der Waals surface area contributed by atoms with Crippen LogP contribution in [0.25, 0.3) is 0 Å². The van der Waals surface area contributed by atoms with Gasteiger partial charge in [0.1, 0.15) is 6.61 Å². The molecule has 17 heavy (non-hydrogen) atoms. The molecule has 7 heteroatoms. The summed E-state index contributed by atoms with van der Waals surface area (Å²) < 4.78 is 21.9. The van der Waals surface area contributed by atoms with Gasteiger partial charge in [0.15, 0.2) is 17.3 Å². The Kier molecular flexibility index (Phi) is 3.29. The minimum Gasteiger partial charge on any atom is -0.485 e. The van der Waals surface area contributed by atoms with Gasteiger partial charge in [-0.05, 0) is 23.7 Å². The Balaban J connectivity index is 2.10. The highest BCUT2D eigenvalue weighted by atomic mass is 32.1. The van der Waals surface area contributed by atoms with Crippen LogP contribution in [-0.4, -0.2) is 20.7 Å². The third-order valence-electron chi connectivity index (χ3n) is 1.95. The Hall–Kier alpha value is -2.02. The molecule has 0 spiro atoms. The second-order valence-corrected chi connectivity index (χ2v) is 3.91. The molecule has 0 fully saturated rings. The molecular weight excluding hydrogens is 247 g/mol. The lowest BCUT2D eigenvalue weighted by atomic mass is 10.3. The average Bonchev–Trinajstić information content (AvgIpc) is 2.76. The van der Waals surface area contributed by atoms with E-state index in [0.29, 0.717) is 4.88 Å². The molecule has 0 aliphatic rings. The van der Waals surface area contributed by atoms with Crippen LogP contribution in [0.4, 0.5) is 4.39 Å². The first-order chi connectivity index (χ1) is 8.18. The Morgan fingerprint density at radius 1 is 1.47 bits per heavy atom. The zero-order valence-corrected chi connectivity index (χ0v) is 9.28. The third kappa shape index (κ3) is 2.56. The quantitative estimate of drug-likeness (QED) is 0.902. The molecule has 0 saturated heterocycles. The highest BCUT2D eigenvalue weighted by molar-refractivity contribution is 7.05. The molecule has 0 amide bonds. The van der Waals surface area contributed by atoms with Crippen LogP contribution in [-0.2, 0) is 6.61 Å². The van der Waals surface area contributed by atoms with Gasteiger partial charge in [-0.1, -0.05) is 16.6 Å². The van der Waals surface area contributed by atoms with Gasteiger partial charge in [-0.25, -0.2) is 9.18 Å². The molecule has 0 atom stereocenters. The maximum atomic E-state index is 13.2. The van der Waals surface area contributed by atoms with E-state index in [-0.39, 0.29) is 18.1 Å². The molecule has 1 heterocycles. The number of aromatic nitrogens is 2. The number of carbonyl (C=O) groups is 1. The monoisotopic (exact) mass is 254 g/mol. The van der Waals surface area contributed by atoms with Gasteiger partial charge in [-0.15, -0.1) is 5.10 Å². The molecule has 2 rings (SSSR count). The topological polar surface area (TPSA) is 72.3 Å². The number of benzene rings is 1. The summed E-state index contributed by atoms with van der Waals surface area (Å²) in [5.74, 6) is -1.61. The zero-order chi connectivity index (χ0) is 12.3. The van der Waals surface area contributed by atoms with Crippen LogP contribution in [0.1, 0.15) is 15.4 Å². The summed E-state index contributed by atoms with van der Waals surface area (Å²) in [5.41, 5.74) is -0.161. The Labute approximate surface area is 99.6 Å². The number of hydrogen-bond donors (Lipinski definition) is 1. The second-order valence-electron chi connectivity index (χ2n) is 3.07. The maximum Gasteiger partial charge on any atom is 0.357 e. The molecule has 0 aliphatic carbocycles. The summed E-state index contributed by atoms with van der Waals surface area (Å²) in [4.78, 5) is 11.1. The van der Waals surface area contributed by atoms with E-state index in [9.17, 15) is 9.18 Å². The van der Waals surface area contributed by atoms with Gasteiger partial charge in [0, 0.05) is 0 Å². The van der Waals surface area contributed by atoms with Crippen molar-refractivity contribution in [2.24, 2.45) is 0 Å². The normalized spacial score (nSPS) is 10.2. The molecule has 5 nitrogen and oxygen atoms in total. The van der Waals surface area contributed by atoms with Gasteiger partial charge in [0.2, 0.25) is 0 Å². The molecule has 0 unspecified atom stereocenters. The molecule has 1 N–H and O–H groups in total. The largest absolute Gasteiger partial charge is 0.485 e. The van der Waals surface area contributed by atoms with E-state index in [2.05, 4.69) is 9.59 Å². The van der Waals surface area contributed by atoms with E-state index in [1.807, 2.05) is 0 Å². The summed E-state index contributed by atoms with van der Waals surface area (Å²) in [7, 11) is 0. The van der Waals surface area contributed by atoms with Crippen molar-refractivity contribution >= 4 is 17.5 Å². The number of rotatable bonds is 4. The van der Waals surface area contributed by atoms with Crippen molar-refractivity contribution in [3.05, 3.63) is 40.7 Å². The maximum absolute atomic E-state index is 13.2. The van der Waals surface area contributed by atoms with Crippen LogP contribution in [0.5, 0.6) is 5.75 Å². The molecule has 0 saturated carbocycles. The van der Waals surface area contributed by atoms with Crippen molar-refractivity contribution < 1.29 is 19.0 Å². The number of halogens is 1. The number of ether oxygens (including phenoxy) is 1. The number of carboxylic acids is 1. The number of carboxylic acid groups (broad SMARTS) is 1. The first kappa shape index (κ1) is 11.5. The Bertz CT molecular complexity index is 544. The summed E-state index contributed by atoms with van der Waals surface area (Å²) >= 11 is 0.914. The van der Waals surface area contributed by atoms with Crippen LogP contribution in [0.2, 0.25) is 0 Å². The molecule has 88 valence electrons. The number of aromatic carboxylic acids is 1. The van der Waals surface area contributed by atoms with Crippen LogP contribution < -0.4 is 4.74 Å². The summed E-state index contributed by atoms with van der Waals surface area (Å²) in [6.07, 6.45) is 0. The van der Waals surface area contributed by atoms with E-state index < -0.39 is 11.8 Å². The predicted molar refractivity (Wildman–Crippen MR) is 57.6 cm³/mol. The van der Waals surface area contributed by atoms with Crippen molar-refractivity contribution in [3.8, 4) is 5.75 Å².